The molecule has 0 radical (unpaired) electrons. The van der Waals surface area contributed by atoms with Crippen LogP contribution in [0, 0.1) is 12.3 Å². The van der Waals surface area contributed by atoms with Gasteiger partial charge < -0.3 is 4.42 Å². The highest BCUT2D eigenvalue weighted by Crippen LogP contribution is 2.63. The second kappa shape index (κ2) is 3.33. The number of rotatable bonds is 1. The van der Waals surface area contributed by atoms with E-state index in [2.05, 4.69) is 0 Å². The van der Waals surface area contributed by atoms with Crippen LogP contribution < -0.4 is 0 Å². The largest absolute Gasteiger partial charge is 0.466 e. The monoisotopic (exact) mass is 240 g/mol. The van der Waals surface area contributed by atoms with E-state index in [0.29, 0.717) is 31.4 Å². The van der Waals surface area contributed by atoms with E-state index >= 15 is 0 Å². The summed E-state index contributed by atoms with van der Waals surface area (Å²) in [5, 5.41) is 0. The van der Waals surface area contributed by atoms with Crippen molar-refractivity contribution in [3.05, 3.63) is 22.6 Å². The lowest BCUT2D eigenvalue weighted by atomic mass is 9.80. The molecule has 0 bridgehead atoms. The van der Waals surface area contributed by atoms with Gasteiger partial charge in [-0.25, -0.2) is 8.78 Å². The van der Waals surface area contributed by atoms with E-state index in [-0.39, 0.29) is 5.56 Å². The first-order valence-electron chi connectivity index (χ1n) is 6.51. The summed E-state index contributed by atoms with van der Waals surface area (Å²) < 4.78 is 34.8. The van der Waals surface area contributed by atoms with Gasteiger partial charge in [-0.3, -0.25) is 0 Å². The Hall–Kier alpha value is -0.860. The molecular weight excluding hydrogens is 222 g/mol. The second-order valence-corrected chi connectivity index (χ2v) is 5.53. The fourth-order valence-electron chi connectivity index (χ4n) is 3.79. The summed E-state index contributed by atoms with van der Waals surface area (Å²) >= 11 is 0. The third-order valence-electron chi connectivity index (χ3n) is 4.64. The highest BCUT2D eigenvalue weighted by Gasteiger charge is 2.62. The molecule has 1 fully saturated rings. The van der Waals surface area contributed by atoms with Crippen LogP contribution in [0.15, 0.2) is 4.42 Å². The van der Waals surface area contributed by atoms with Crippen LogP contribution >= 0.6 is 0 Å². The third kappa shape index (κ3) is 1.23. The number of aryl methyl sites for hydroxylation is 2. The van der Waals surface area contributed by atoms with Crippen molar-refractivity contribution < 1.29 is 13.2 Å². The molecule has 1 aromatic heterocycles. The molecule has 0 saturated heterocycles. The first-order valence-corrected chi connectivity index (χ1v) is 6.51. The van der Waals surface area contributed by atoms with Gasteiger partial charge in [-0.1, -0.05) is 19.8 Å². The van der Waals surface area contributed by atoms with Gasteiger partial charge in [0.1, 0.15) is 11.5 Å². The molecule has 1 aromatic rings. The molecule has 0 atom stereocenters. The quantitative estimate of drug-likeness (QED) is 0.711. The van der Waals surface area contributed by atoms with Gasteiger partial charge in [0.25, 0.3) is 5.92 Å². The predicted octanol–water partition coefficient (Wildman–Crippen LogP) is 4.36. The van der Waals surface area contributed by atoms with Crippen LogP contribution in [0.3, 0.4) is 0 Å². The number of fused-ring (bicyclic) bond motifs is 1. The molecule has 1 nitrogen and oxygen atoms in total. The Morgan fingerprint density at radius 2 is 1.88 bits per heavy atom. The molecule has 0 unspecified atom stereocenters. The molecule has 2 aliphatic carbocycles. The molecule has 3 rings (SSSR count). The molecule has 2 aliphatic rings. The van der Waals surface area contributed by atoms with Crippen LogP contribution in [-0.2, 0) is 18.8 Å². The summed E-state index contributed by atoms with van der Waals surface area (Å²) in [6.07, 6.45) is 4.45. The van der Waals surface area contributed by atoms with Crippen molar-refractivity contribution in [1.82, 2.24) is 0 Å². The van der Waals surface area contributed by atoms with Gasteiger partial charge in [0.2, 0.25) is 0 Å². The molecular formula is C14H18F2O. The Balaban J connectivity index is 2.15. The first-order chi connectivity index (χ1) is 8.02. The van der Waals surface area contributed by atoms with Crippen LogP contribution in [0.2, 0.25) is 0 Å². The number of halogens is 2. The molecule has 3 heteroatoms. The Morgan fingerprint density at radius 1 is 1.24 bits per heavy atom. The van der Waals surface area contributed by atoms with Crippen molar-refractivity contribution in [3.8, 4) is 0 Å². The number of alkyl halides is 2. The van der Waals surface area contributed by atoms with E-state index in [4.69, 9.17) is 4.42 Å². The van der Waals surface area contributed by atoms with Gasteiger partial charge >= 0.3 is 0 Å². The maximum Gasteiger partial charge on any atom is 0.282 e. The van der Waals surface area contributed by atoms with Gasteiger partial charge in [0, 0.05) is 17.4 Å². The Bertz CT molecular complexity index is 453. The molecule has 0 amide bonds. The molecule has 1 saturated carbocycles. The minimum Gasteiger partial charge on any atom is -0.466 e. The van der Waals surface area contributed by atoms with Crippen molar-refractivity contribution in [2.24, 2.45) is 5.41 Å². The van der Waals surface area contributed by atoms with Crippen LogP contribution in [0.4, 0.5) is 8.78 Å². The van der Waals surface area contributed by atoms with Crippen LogP contribution in [-0.4, -0.2) is 0 Å². The van der Waals surface area contributed by atoms with E-state index < -0.39 is 11.3 Å². The average molecular weight is 240 g/mol. The minimum absolute atomic E-state index is 0.219. The van der Waals surface area contributed by atoms with E-state index in [1.165, 1.54) is 0 Å². The summed E-state index contributed by atoms with van der Waals surface area (Å²) in [6.45, 7) is 3.65. The normalized spacial score (nSPS) is 24.5. The standard InChI is InChI=1S/C14H18F2O/c1-3-11-10-8-13(6-4-5-7-13)14(15,16)12(10)9(2)17-11/h3-8H2,1-2H3. The van der Waals surface area contributed by atoms with Gasteiger partial charge in [-0.05, 0) is 26.2 Å². The number of furan rings is 1. The Kier molecular flexibility index (Phi) is 2.20. The van der Waals surface area contributed by atoms with E-state index in [0.717, 1.165) is 24.2 Å². The average Bonchev–Trinajstić information content (AvgIpc) is 2.90. The van der Waals surface area contributed by atoms with Gasteiger partial charge in [0.05, 0.1) is 5.56 Å². The number of hydrogen-bond acceptors (Lipinski definition) is 1. The molecule has 0 N–H and O–H groups in total. The van der Waals surface area contributed by atoms with Crippen molar-refractivity contribution in [2.75, 3.05) is 0 Å². The zero-order valence-corrected chi connectivity index (χ0v) is 10.4. The van der Waals surface area contributed by atoms with Crippen molar-refractivity contribution in [3.63, 3.8) is 0 Å². The summed E-state index contributed by atoms with van der Waals surface area (Å²) in [6, 6.07) is 0. The van der Waals surface area contributed by atoms with Crippen LogP contribution in [0.1, 0.15) is 55.3 Å². The van der Waals surface area contributed by atoms with E-state index in [9.17, 15) is 8.78 Å². The van der Waals surface area contributed by atoms with Gasteiger partial charge in [-0.15, -0.1) is 0 Å². The predicted molar refractivity (Wildman–Crippen MR) is 61.3 cm³/mol. The second-order valence-electron chi connectivity index (χ2n) is 5.53. The fourth-order valence-corrected chi connectivity index (χ4v) is 3.79. The van der Waals surface area contributed by atoms with Crippen LogP contribution in [0.5, 0.6) is 0 Å². The zero-order chi connectivity index (χ0) is 12.3. The van der Waals surface area contributed by atoms with E-state index in [1.54, 1.807) is 6.92 Å². The van der Waals surface area contributed by atoms with Gasteiger partial charge in [0.15, 0.2) is 0 Å². The lowest BCUT2D eigenvalue weighted by Crippen LogP contribution is -2.33. The lowest BCUT2D eigenvalue weighted by Gasteiger charge is -2.31. The van der Waals surface area contributed by atoms with Crippen molar-refractivity contribution in [2.45, 2.75) is 58.3 Å². The smallest absolute Gasteiger partial charge is 0.282 e. The topological polar surface area (TPSA) is 13.1 Å². The summed E-state index contributed by atoms with van der Waals surface area (Å²) in [5.74, 6) is -1.47. The molecule has 1 heterocycles. The van der Waals surface area contributed by atoms with Crippen LogP contribution in [0.25, 0.3) is 0 Å². The summed E-state index contributed by atoms with van der Waals surface area (Å²) in [7, 11) is 0. The molecule has 0 aliphatic heterocycles. The van der Waals surface area contributed by atoms with Crippen molar-refractivity contribution >= 4 is 0 Å². The molecule has 94 valence electrons. The zero-order valence-electron chi connectivity index (χ0n) is 10.4. The number of hydrogen-bond donors (Lipinski definition) is 0. The molecule has 17 heavy (non-hydrogen) atoms. The highest BCUT2D eigenvalue weighted by molar-refractivity contribution is 5.44. The van der Waals surface area contributed by atoms with E-state index in [1.807, 2.05) is 6.92 Å². The van der Waals surface area contributed by atoms with Gasteiger partial charge in [-0.2, -0.15) is 0 Å². The summed E-state index contributed by atoms with van der Waals surface area (Å²) in [4.78, 5) is 0. The first kappa shape index (κ1) is 11.2. The molecule has 0 aromatic carbocycles. The molecule has 1 spiro atoms. The minimum atomic E-state index is -2.68. The maximum atomic E-state index is 14.6. The highest BCUT2D eigenvalue weighted by atomic mass is 19.3. The lowest BCUT2D eigenvalue weighted by molar-refractivity contribution is -0.116. The van der Waals surface area contributed by atoms with Crippen molar-refractivity contribution in [1.29, 1.82) is 0 Å². The SMILES string of the molecule is CCc1oc(C)c2c1CC1(CCCC1)C2(F)F. The summed E-state index contributed by atoms with van der Waals surface area (Å²) in [5.41, 5.74) is 0.247. The Morgan fingerprint density at radius 3 is 2.47 bits per heavy atom. The third-order valence-corrected chi connectivity index (χ3v) is 4.64. The maximum absolute atomic E-state index is 14.6. The fraction of sp³-hybridized carbons (Fsp3) is 0.714. The Labute approximate surface area is 100 Å².